The first-order valence-electron chi connectivity index (χ1n) is 19.5. The van der Waals surface area contributed by atoms with Crippen molar-refractivity contribution in [1.29, 1.82) is 0 Å². The lowest BCUT2D eigenvalue weighted by Crippen LogP contribution is -2.50. The van der Waals surface area contributed by atoms with Crippen molar-refractivity contribution in [3.63, 3.8) is 0 Å². The van der Waals surface area contributed by atoms with Crippen molar-refractivity contribution in [2.45, 2.75) is 167 Å². The van der Waals surface area contributed by atoms with Crippen LogP contribution >= 0.6 is 0 Å². The third-order valence-corrected chi connectivity index (χ3v) is 8.54. The number of carboxylic acids is 1. The van der Waals surface area contributed by atoms with Gasteiger partial charge >= 0.3 is 17.9 Å². The van der Waals surface area contributed by atoms with Crippen LogP contribution in [0.4, 0.5) is 0 Å². The van der Waals surface area contributed by atoms with Crippen molar-refractivity contribution in [1.82, 2.24) is 0 Å². The molecule has 0 aromatic carbocycles. The van der Waals surface area contributed by atoms with E-state index in [0.29, 0.717) is 19.3 Å². The number of rotatable bonds is 34. The molecular weight excluding hydrogens is 618 g/mol. The molecule has 0 fully saturated rings. The first kappa shape index (κ1) is 46.5. The van der Waals surface area contributed by atoms with Crippen molar-refractivity contribution in [2.75, 3.05) is 41.0 Å². The van der Waals surface area contributed by atoms with Crippen molar-refractivity contribution < 1.29 is 38.2 Å². The number of hydrogen-bond donors (Lipinski definition) is 1. The molecule has 8 heteroatoms. The number of ether oxygens (including phenoxy) is 3. The fourth-order valence-electron chi connectivity index (χ4n) is 5.46. The normalized spacial score (nSPS) is 13.4. The third-order valence-electron chi connectivity index (χ3n) is 8.54. The fraction of sp³-hybridized carbons (Fsp3) is 0.780. The Labute approximate surface area is 300 Å². The zero-order valence-electron chi connectivity index (χ0n) is 32.1. The number of nitrogens with zero attached hydrogens (tertiary/aromatic N) is 1. The Morgan fingerprint density at radius 1 is 0.612 bits per heavy atom. The first-order valence-corrected chi connectivity index (χ1v) is 19.5. The van der Waals surface area contributed by atoms with Gasteiger partial charge in [0.05, 0.1) is 34.4 Å². The van der Waals surface area contributed by atoms with Crippen molar-refractivity contribution in [2.24, 2.45) is 0 Å². The van der Waals surface area contributed by atoms with Gasteiger partial charge in [0.2, 0.25) is 0 Å². The van der Waals surface area contributed by atoms with Crippen molar-refractivity contribution >= 4 is 17.9 Å². The summed E-state index contributed by atoms with van der Waals surface area (Å²) >= 11 is 0. The van der Waals surface area contributed by atoms with Gasteiger partial charge in [-0.25, -0.2) is 4.79 Å². The maximum Gasteiger partial charge on any atom is 0.362 e. The molecule has 0 bridgehead atoms. The van der Waals surface area contributed by atoms with E-state index in [9.17, 15) is 19.5 Å². The minimum Gasteiger partial charge on any atom is -0.477 e. The largest absolute Gasteiger partial charge is 0.477 e. The smallest absolute Gasteiger partial charge is 0.362 e. The molecular formula is C41H74NO7+. The van der Waals surface area contributed by atoms with Crippen LogP contribution in [0.2, 0.25) is 0 Å². The number of esters is 2. The highest BCUT2D eigenvalue weighted by molar-refractivity contribution is 5.72. The van der Waals surface area contributed by atoms with E-state index < -0.39 is 18.1 Å². The van der Waals surface area contributed by atoms with E-state index in [1.165, 1.54) is 77.0 Å². The Kier molecular flexibility index (Phi) is 31.1. The Hall–Kier alpha value is -2.45. The predicted molar refractivity (Wildman–Crippen MR) is 201 cm³/mol. The molecule has 0 amide bonds. The second-order valence-corrected chi connectivity index (χ2v) is 14.2. The molecule has 0 saturated carbocycles. The SMILES string of the molecule is CCCCCCCC/C=C/C/C=C/C/C=C/CCCC(=O)OC(COCCC(C(=O)O)[N+](C)(C)C)COC(=O)CCCCCCCCCC. The molecule has 0 rings (SSSR count). The molecule has 0 aliphatic carbocycles. The lowest BCUT2D eigenvalue weighted by molar-refractivity contribution is -0.887. The lowest BCUT2D eigenvalue weighted by atomic mass is 10.1. The van der Waals surface area contributed by atoms with Gasteiger partial charge in [-0.15, -0.1) is 0 Å². The molecule has 0 saturated heterocycles. The molecule has 0 aliphatic rings. The Morgan fingerprint density at radius 3 is 1.65 bits per heavy atom. The van der Waals surface area contributed by atoms with Gasteiger partial charge in [0, 0.05) is 19.3 Å². The maximum atomic E-state index is 12.6. The Morgan fingerprint density at radius 2 is 1.10 bits per heavy atom. The number of hydrogen-bond acceptors (Lipinski definition) is 6. The van der Waals surface area contributed by atoms with Gasteiger partial charge in [-0.1, -0.05) is 127 Å². The third kappa shape index (κ3) is 31.3. The van der Waals surface area contributed by atoms with E-state index in [2.05, 4.69) is 50.3 Å². The first-order chi connectivity index (χ1) is 23.6. The molecule has 1 N–H and O–H groups in total. The number of unbranched alkanes of at least 4 members (excludes halogenated alkanes) is 14. The predicted octanol–water partition coefficient (Wildman–Crippen LogP) is 9.91. The van der Waals surface area contributed by atoms with Crippen LogP contribution in [0.5, 0.6) is 0 Å². The van der Waals surface area contributed by atoms with E-state index in [1.807, 2.05) is 21.1 Å². The minimum absolute atomic E-state index is 0.0424. The number of carbonyl (C=O) groups excluding carboxylic acids is 2. The molecule has 49 heavy (non-hydrogen) atoms. The van der Waals surface area contributed by atoms with Crippen LogP contribution < -0.4 is 0 Å². The van der Waals surface area contributed by atoms with Crippen LogP contribution in [0.15, 0.2) is 36.5 Å². The summed E-state index contributed by atoms with van der Waals surface area (Å²) in [4.78, 5) is 36.7. The summed E-state index contributed by atoms with van der Waals surface area (Å²) in [6.07, 6.45) is 34.9. The molecule has 0 aromatic heterocycles. The van der Waals surface area contributed by atoms with Gasteiger partial charge < -0.3 is 23.8 Å². The summed E-state index contributed by atoms with van der Waals surface area (Å²) < 4.78 is 17.1. The maximum absolute atomic E-state index is 12.6. The summed E-state index contributed by atoms with van der Waals surface area (Å²) in [5.74, 6) is -1.54. The molecule has 0 spiro atoms. The number of quaternary nitrogens is 1. The van der Waals surface area contributed by atoms with Gasteiger partial charge in [-0.3, -0.25) is 9.59 Å². The van der Waals surface area contributed by atoms with Crippen molar-refractivity contribution in [3.8, 4) is 0 Å². The van der Waals surface area contributed by atoms with Crippen LogP contribution in [0.25, 0.3) is 0 Å². The standard InChI is InChI=1S/C41H73NO7/c1-6-8-10-12-14-16-17-18-19-20-21-22-23-24-26-28-30-32-40(44)49-37(35-47-34-33-38(41(45)46)42(3,4)5)36-48-39(43)31-29-27-25-15-13-11-9-7-2/h18-19,21-22,24,26,37-38H,6-17,20,23,25,27-36H2,1-5H3/p+1/b19-18+,22-21+,26-24+. The Bertz CT molecular complexity index is 906. The van der Waals surface area contributed by atoms with Gasteiger partial charge in [-0.05, 0) is 44.9 Å². The monoisotopic (exact) mass is 693 g/mol. The highest BCUT2D eigenvalue weighted by Gasteiger charge is 2.31. The number of allylic oxidation sites excluding steroid dienone is 6. The second kappa shape index (κ2) is 32.7. The molecule has 0 heterocycles. The Balaban J connectivity index is 4.47. The van der Waals surface area contributed by atoms with E-state index in [0.717, 1.165) is 38.5 Å². The highest BCUT2D eigenvalue weighted by atomic mass is 16.6. The number of carboxylic acid groups (broad SMARTS) is 1. The molecule has 8 nitrogen and oxygen atoms in total. The molecule has 284 valence electrons. The summed E-state index contributed by atoms with van der Waals surface area (Å²) in [7, 11) is 5.49. The quantitative estimate of drug-likeness (QED) is 0.0310. The molecule has 0 aromatic rings. The molecule has 0 aliphatic heterocycles. The zero-order chi connectivity index (χ0) is 36.4. The second-order valence-electron chi connectivity index (χ2n) is 14.2. The number of aliphatic carboxylic acids is 1. The highest BCUT2D eigenvalue weighted by Crippen LogP contribution is 2.12. The van der Waals surface area contributed by atoms with Crippen LogP contribution in [0, 0.1) is 0 Å². The van der Waals surface area contributed by atoms with E-state index in [4.69, 9.17) is 14.2 Å². The lowest BCUT2D eigenvalue weighted by Gasteiger charge is -2.31. The van der Waals surface area contributed by atoms with Crippen LogP contribution in [-0.4, -0.2) is 80.6 Å². The summed E-state index contributed by atoms with van der Waals surface area (Å²) in [5.41, 5.74) is 0. The van der Waals surface area contributed by atoms with Gasteiger partial charge in [-0.2, -0.15) is 0 Å². The van der Waals surface area contributed by atoms with E-state index >= 15 is 0 Å². The van der Waals surface area contributed by atoms with Gasteiger partial charge in [0.15, 0.2) is 12.1 Å². The van der Waals surface area contributed by atoms with Gasteiger partial charge in [0.1, 0.15) is 6.61 Å². The minimum atomic E-state index is -0.884. The van der Waals surface area contributed by atoms with E-state index in [-0.39, 0.29) is 42.7 Å². The van der Waals surface area contributed by atoms with E-state index in [1.54, 1.807) is 0 Å². The summed E-state index contributed by atoms with van der Waals surface area (Å²) in [6.45, 7) is 4.63. The van der Waals surface area contributed by atoms with Crippen molar-refractivity contribution in [3.05, 3.63) is 36.5 Å². The van der Waals surface area contributed by atoms with Crippen LogP contribution in [0.3, 0.4) is 0 Å². The summed E-state index contributed by atoms with van der Waals surface area (Å²) in [6, 6.07) is -0.620. The average molecular weight is 693 g/mol. The average Bonchev–Trinajstić information content (AvgIpc) is 3.05. The molecule has 2 atom stereocenters. The van der Waals surface area contributed by atoms with Gasteiger partial charge in [0.25, 0.3) is 0 Å². The molecule has 0 radical (unpaired) electrons. The summed E-state index contributed by atoms with van der Waals surface area (Å²) in [5, 5.41) is 9.57. The van der Waals surface area contributed by atoms with Crippen LogP contribution in [-0.2, 0) is 28.6 Å². The van der Waals surface area contributed by atoms with Crippen LogP contribution in [0.1, 0.15) is 155 Å². The number of carbonyl (C=O) groups is 3. The topological polar surface area (TPSA) is 99.1 Å². The molecule has 2 unspecified atom stereocenters. The zero-order valence-corrected chi connectivity index (χ0v) is 32.1. The fourth-order valence-corrected chi connectivity index (χ4v) is 5.46. The number of likely N-dealkylation sites (N-methyl/N-ethyl adjacent to an activating group) is 1.